The third-order valence-corrected chi connectivity index (χ3v) is 6.41. The average Bonchev–Trinajstić information content (AvgIpc) is 3.18. The van der Waals surface area contributed by atoms with Gasteiger partial charge in [-0.2, -0.15) is 0 Å². The van der Waals surface area contributed by atoms with E-state index in [1.807, 2.05) is 20.8 Å². The highest BCUT2D eigenvalue weighted by Gasteiger charge is 2.46. The van der Waals surface area contributed by atoms with Gasteiger partial charge in [0.15, 0.2) is 0 Å². The van der Waals surface area contributed by atoms with Gasteiger partial charge in [0, 0.05) is 43.1 Å². The fraction of sp³-hybridized carbons (Fsp3) is 0.417. The molecular weight excluding hydrogens is 413 g/mol. The van der Waals surface area contributed by atoms with Crippen molar-refractivity contribution in [2.24, 2.45) is 0 Å². The van der Waals surface area contributed by atoms with Crippen LogP contribution in [0.4, 0.5) is 4.39 Å². The molecule has 0 radical (unpaired) electrons. The van der Waals surface area contributed by atoms with Crippen LogP contribution in [0, 0.1) is 26.6 Å². The zero-order valence-corrected chi connectivity index (χ0v) is 18.6. The van der Waals surface area contributed by atoms with Crippen LogP contribution in [-0.4, -0.2) is 71.0 Å². The molecule has 2 N–H and O–H groups in total. The molecule has 32 heavy (non-hydrogen) atoms. The van der Waals surface area contributed by atoms with Crippen molar-refractivity contribution in [3.05, 3.63) is 63.7 Å². The molecular formula is C24H28FN3O4. The maximum atomic E-state index is 13.6. The van der Waals surface area contributed by atoms with E-state index in [0.29, 0.717) is 37.4 Å². The third-order valence-electron chi connectivity index (χ3n) is 6.41. The van der Waals surface area contributed by atoms with Crippen LogP contribution in [0.5, 0.6) is 0 Å². The number of amides is 1. The van der Waals surface area contributed by atoms with E-state index in [2.05, 4.69) is 9.88 Å². The van der Waals surface area contributed by atoms with Crippen molar-refractivity contribution in [2.75, 3.05) is 39.4 Å². The second-order valence-corrected chi connectivity index (χ2v) is 8.37. The third kappa shape index (κ3) is 3.96. The summed E-state index contributed by atoms with van der Waals surface area (Å²) in [6, 6.07) is 4.93. The normalized spacial score (nSPS) is 21.5. The number of aryl methyl sites for hydroxylation is 2. The van der Waals surface area contributed by atoms with E-state index in [4.69, 9.17) is 4.74 Å². The van der Waals surface area contributed by atoms with Gasteiger partial charge >= 0.3 is 0 Å². The van der Waals surface area contributed by atoms with Crippen LogP contribution in [0.25, 0.3) is 5.76 Å². The topological polar surface area (TPSA) is 85.9 Å². The Bertz CT molecular complexity index is 1070. The van der Waals surface area contributed by atoms with E-state index < -0.39 is 23.5 Å². The molecule has 0 aliphatic carbocycles. The molecule has 1 aromatic heterocycles. The van der Waals surface area contributed by atoms with Gasteiger partial charge in [-0.05, 0) is 44.0 Å². The summed E-state index contributed by atoms with van der Waals surface area (Å²) in [6.07, 6.45) is 0. The molecule has 8 heteroatoms. The Morgan fingerprint density at radius 3 is 2.34 bits per heavy atom. The summed E-state index contributed by atoms with van der Waals surface area (Å²) in [7, 11) is 0. The Labute approximate surface area is 186 Å². The fourth-order valence-corrected chi connectivity index (χ4v) is 4.57. The Morgan fingerprint density at radius 2 is 1.75 bits per heavy atom. The Morgan fingerprint density at radius 1 is 1.09 bits per heavy atom. The first-order valence-electron chi connectivity index (χ1n) is 10.8. The number of benzene rings is 1. The van der Waals surface area contributed by atoms with Crippen LogP contribution in [-0.2, 0) is 14.3 Å². The maximum Gasteiger partial charge on any atom is 0.295 e. The SMILES string of the molecule is Cc1[nH]c(C)c(/C(O)=C2\C(=O)C(=O)N(CCN3CCOCC3)C2c2ccc(F)cc2)c1C. The number of aliphatic hydroxyl groups is 1. The number of H-pyrrole nitrogens is 1. The van der Waals surface area contributed by atoms with Gasteiger partial charge in [0.2, 0.25) is 0 Å². The van der Waals surface area contributed by atoms with E-state index in [-0.39, 0.29) is 11.3 Å². The minimum atomic E-state index is -0.786. The highest BCUT2D eigenvalue weighted by atomic mass is 19.1. The molecule has 0 saturated carbocycles. The molecule has 170 valence electrons. The van der Waals surface area contributed by atoms with Gasteiger partial charge in [0.25, 0.3) is 11.7 Å². The molecule has 0 bridgehead atoms. The van der Waals surface area contributed by atoms with E-state index in [9.17, 15) is 19.1 Å². The number of hydrogen-bond acceptors (Lipinski definition) is 5. The lowest BCUT2D eigenvalue weighted by molar-refractivity contribution is -0.140. The first kappa shape index (κ1) is 22.2. The molecule has 2 aliphatic heterocycles. The van der Waals surface area contributed by atoms with E-state index in [1.165, 1.54) is 17.0 Å². The second-order valence-electron chi connectivity index (χ2n) is 8.37. The predicted molar refractivity (Wildman–Crippen MR) is 118 cm³/mol. The summed E-state index contributed by atoms with van der Waals surface area (Å²) in [5.74, 6) is -1.99. The highest BCUT2D eigenvalue weighted by Crippen LogP contribution is 2.40. The maximum absolute atomic E-state index is 13.6. The fourth-order valence-electron chi connectivity index (χ4n) is 4.57. The lowest BCUT2D eigenvalue weighted by atomic mass is 9.94. The van der Waals surface area contributed by atoms with Crippen molar-refractivity contribution in [2.45, 2.75) is 26.8 Å². The molecule has 2 fully saturated rings. The number of aromatic nitrogens is 1. The number of ketones is 1. The summed E-state index contributed by atoms with van der Waals surface area (Å²) in [5, 5.41) is 11.3. The number of Topliss-reactive ketones (excluding diaryl/α,β-unsaturated/α-hetero) is 1. The van der Waals surface area contributed by atoms with Crippen LogP contribution in [0.1, 0.15) is 34.1 Å². The largest absolute Gasteiger partial charge is 0.507 e. The Kier molecular flexibility index (Phi) is 6.17. The van der Waals surface area contributed by atoms with Gasteiger partial charge in [-0.25, -0.2) is 4.39 Å². The first-order valence-corrected chi connectivity index (χ1v) is 10.8. The first-order chi connectivity index (χ1) is 15.3. The predicted octanol–water partition coefficient (Wildman–Crippen LogP) is 2.83. The molecule has 0 spiro atoms. The summed E-state index contributed by atoms with van der Waals surface area (Å²) in [4.78, 5) is 33.0. The van der Waals surface area contributed by atoms with Crippen molar-refractivity contribution >= 4 is 17.4 Å². The van der Waals surface area contributed by atoms with Crippen molar-refractivity contribution < 1.29 is 23.8 Å². The summed E-state index contributed by atoms with van der Waals surface area (Å²) >= 11 is 0. The molecule has 2 aromatic rings. The standard InChI is InChI=1S/C24H28FN3O4/c1-14-15(2)26-16(3)19(14)22(29)20-21(17-4-6-18(25)7-5-17)28(24(31)23(20)30)9-8-27-10-12-32-13-11-27/h4-7,21,26,29H,8-13H2,1-3H3/b22-20+. The number of ether oxygens (including phenoxy) is 1. The number of hydrogen-bond donors (Lipinski definition) is 2. The molecule has 1 unspecified atom stereocenters. The quantitative estimate of drug-likeness (QED) is 0.423. The number of aromatic amines is 1. The monoisotopic (exact) mass is 441 g/mol. The van der Waals surface area contributed by atoms with Gasteiger partial charge in [-0.15, -0.1) is 0 Å². The van der Waals surface area contributed by atoms with Crippen LogP contribution in [0.15, 0.2) is 29.8 Å². The molecule has 1 amide bonds. The zero-order valence-electron chi connectivity index (χ0n) is 18.6. The number of carbonyl (C=O) groups excluding carboxylic acids is 2. The highest BCUT2D eigenvalue weighted by molar-refractivity contribution is 6.46. The Hall–Kier alpha value is -2.97. The minimum Gasteiger partial charge on any atom is -0.507 e. The Balaban J connectivity index is 1.77. The average molecular weight is 442 g/mol. The van der Waals surface area contributed by atoms with Crippen LogP contribution in [0.2, 0.25) is 0 Å². The van der Waals surface area contributed by atoms with Gasteiger partial charge in [-0.3, -0.25) is 14.5 Å². The smallest absolute Gasteiger partial charge is 0.295 e. The number of nitrogens with zero attached hydrogens (tertiary/aromatic N) is 2. The van der Waals surface area contributed by atoms with Crippen LogP contribution >= 0.6 is 0 Å². The number of halogens is 1. The zero-order chi connectivity index (χ0) is 23.0. The number of nitrogens with one attached hydrogen (secondary N) is 1. The number of rotatable bonds is 5. The second kappa shape index (κ2) is 8.88. The van der Waals surface area contributed by atoms with Gasteiger partial charge in [0.1, 0.15) is 11.6 Å². The number of likely N-dealkylation sites (tertiary alicyclic amines) is 1. The summed E-state index contributed by atoms with van der Waals surface area (Å²) in [6.45, 7) is 9.22. The number of morpholine rings is 1. The van der Waals surface area contributed by atoms with Crippen molar-refractivity contribution in [3.63, 3.8) is 0 Å². The lowest BCUT2D eigenvalue weighted by Crippen LogP contribution is -2.42. The van der Waals surface area contributed by atoms with E-state index in [0.717, 1.165) is 30.0 Å². The van der Waals surface area contributed by atoms with Crippen LogP contribution < -0.4 is 0 Å². The van der Waals surface area contributed by atoms with E-state index in [1.54, 1.807) is 12.1 Å². The molecule has 7 nitrogen and oxygen atoms in total. The van der Waals surface area contributed by atoms with Gasteiger partial charge < -0.3 is 19.7 Å². The number of aliphatic hydroxyl groups excluding tert-OH is 1. The minimum absolute atomic E-state index is 0.0359. The van der Waals surface area contributed by atoms with Gasteiger partial charge in [-0.1, -0.05) is 12.1 Å². The van der Waals surface area contributed by atoms with Crippen molar-refractivity contribution in [3.8, 4) is 0 Å². The summed E-state index contributed by atoms with van der Waals surface area (Å²) in [5.41, 5.74) is 3.56. The molecule has 1 atom stereocenters. The molecule has 3 heterocycles. The van der Waals surface area contributed by atoms with Crippen molar-refractivity contribution in [1.29, 1.82) is 0 Å². The molecule has 2 saturated heterocycles. The van der Waals surface area contributed by atoms with Gasteiger partial charge in [0.05, 0.1) is 24.8 Å². The van der Waals surface area contributed by atoms with E-state index >= 15 is 0 Å². The summed E-state index contributed by atoms with van der Waals surface area (Å²) < 4.78 is 19.0. The molecule has 4 rings (SSSR count). The lowest BCUT2D eigenvalue weighted by Gasteiger charge is -2.31. The van der Waals surface area contributed by atoms with Crippen molar-refractivity contribution in [1.82, 2.24) is 14.8 Å². The molecule has 2 aliphatic rings. The van der Waals surface area contributed by atoms with Crippen LogP contribution in [0.3, 0.4) is 0 Å². The number of carbonyl (C=O) groups is 2. The molecule has 1 aromatic carbocycles.